The van der Waals surface area contributed by atoms with E-state index < -0.39 is 0 Å². The topological polar surface area (TPSA) is 120 Å². The van der Waals surface area contributed by atoms with Crippen LogP contribution >= 0.6 is 0 Å². The highest BCUT2D eigenvalue weighted by molar-refractivity contribution is 5.87. The van der Waals surface area contributed by atoms with Gasteiger partial charge in [-0.3, -0.25) is 0 Å². The van der Waals surface area contributed by atoms with Crippen molar-refractivity contribution in [1.29, 1.82) is 0 Å². The predicted molar refractivity (Wildman–Crippen MR) is 124 cm³/mol. The third-order valence-electron chi connectivity index (χ3n) is 4.06. The standard InChI is InChI=1S/C23H44O11/c1-3-22(2)23(25)34-21-20-33-19-18-32-17-16-31-15-14-30-13-12-29-11-10-28-9-8-27-7-6-26-5-4-24/h3,24H,4-21H2,1-2H3. The van der Waals surface area contributed by atoms with Gasteiger partial charge in [0.05, 0.1) is 112 Å². The molecule has 0 saturated carbocycles. The van der Waals surface area contributed by atoms with Crippen molar-refractivity contribution in [2.24, 2.45) is 0 Å². The van der Waals surface area contributed by atoms with Crippen LogP contribution in [0.25, 0.3) is 0 Å². The quantitative estimate of drug-likeness (QED) is 0.0979. The summed E-state index contributed by atoms with van der Waals surface area (Å²) >= 11 is 0. The van der Waals surface area contributed by atoms with Gasteiger partial charge in [0, 0.05) is 5.57 Å². The maximum atomic E-state index is 11.4. The molecule has 0 unspecified atom stereocenters. The normalized spacial score (nSPS) is 11.8. The lowest BCUT2D eigenvalue weighted by Gasteiger charge is -2.09. The zero-order chi connectivity index (χ0) is 25.0. The number of aliphatic hydroxyl groups excluding tert-OH is 1. The molecule has 0 radical (unpaired) electrons. The van der Waals surface area contributed by atoms with Crippen molar-refractivity contribution in [3.05, 3.63) is 11.6 Å². The zero-order valence-corrected chi connectivity index (χ0v) is 20.8. The van der Waals surface area contributed by atoms with Gasteiger partial charge in [-0.25, -0.2) is 4.79 Å². The summed E-state index contributed by atoms with van der Waals surface area (Å²) in [7, 11) is 0. The van der Waals surface area contributed by atoms with E-state index in [-0.39, 0.29) is 19.2 Å². The molecule has 202 valence electrons. The highest BCUT2D eigenvalue weighted by atomic mass is 16.6. The van der Waals surface area contributed by atoms with E-state index in [0.717, 1.165) is 0 Å². The van der Waals surface area contributed by atoms with E-state index in [9.17, 15) is 4.79 Å². The molecule has 34 heavy (non-hydrogen) atoms. The van der Waals surface area contributed by atoms with Crippen LogP contribution in [0, 0.1) is 0 Å². The predicted octanol–water partition coefficient (Wildman–Crippen LogP) is 0.621. The van der Waals surface area contributed by atoms with E-state index >= 15 is 0 Å². The molecule has 0 aliphatic rings. The lowest BCUT2D eigenvalue weighted by Crippen LogP contribution is -2.15. The fourth-order valence-corrected chi connectivity index (χ4v) is 2.13. The molecule has 0 aromatic heterocycles. The fourth-order valence-electron chi connectivity index (χ4n) is 2.13. The SMILES string of the molecule is CC=C(C)C(=O)OCCOCCOCCOCCOCCOCCOCCOCCOCCO. The largest absolute Gasteiger partial charge is 0.460 e. The smallest absolute Gasteiger partial charge is 0.333 e. The number of ether oxygens (including phenoxy) is 9. The second-order valence-electron chi connectivity index (χ2n) is 6.73. The van der Waals surface area contributed by atoms with E-state index in [4.69, 9.17) is 47.7 Å². The van der Waals surface area contributed by atoms with Gasteiger partial charge >= 0.3 is 5.97 Å². The molecule has 1 N–H and O–H groups in total. The van der Waals surface area contributed by atoms with Crippen LogP contribution in [0.1, 0.15) is 13.8 Å². The first-order chi connectivity index (χ1) is 16.7. The van der Waals surface area contributed by atoms with Gasteiger partial charge in [-0.2, -0.15) is 0 Å². The van der Waals surface area contributed by atoms with Crippen molar-refractivity contribution < 1.29 is 52.5 Å². The first-order valence-corrected chi connectivity index (χ1v) is 11.7. The molecule has 0 saturated heterocycles. The Kier molecular flexibility index (Phi) is 27.1. The minimum Gasteiger partial charge on any atom is -0.460 e. The third-order valence-corrected chi connectivity index (χ3v) is 4.06. The van der Waals surface area contributed by atoms with Crippen LogP contribution in [0.5, 0.6) is 0 Å². The van der Waals surface area contributed by atoms with Crippen LogP contribution in [-0.4, -0.2) is 130 Å². The second-order valence-corrected chi connectivity index (χ2v) is 6.73. The molecule has 0 aromatic rings. The summed E-state index contributed by atoms with van der Waals surface area (Å²) in [5.41, 5.74) is 0.584. The van der Waals surface area contributed by atoms with Gasteiger partial charge in [0.25, 0.3) is 0 Å². The average Bonchev–Trinajstić information content (AvgIpc) is 2.85. The lowest BCUT2D eigenvalue weighted by atomic mass is 10.3. The first kappa shape index (κ1) is 32.8. The maximum absolute atomic E-state index is 11.4. The van der Waals surface area contributed by atoms with Gasteiger partial charge in [0.15, 0.2) is 0 Å². The van der Waals surface area contributed by atoms with Crippen LogP contribution in [-0.2, 0) is 47.4 Å². The van der Waals surface area contributed by atoms with E-state index in [2.05, 4.69) is 0 Å². The lowest BCUT2D eigenvalue weighted by molar-refractivity contribution is -0.140. The van der Waals surface area contributed by atoms with Gasteiger partial charge < -0.3 is 47.7 Å². The fraction of sp³-hybridized carbons (Fsp3) is 0.870. The number of allylic oxidation sites excluding steroid dienone is 1. The van der Waals surface area contributed by atoms with E-state index in [1.165, 1.54) is 0 Å². The molecule has 0 rings (SSSR count). The van der Waals surface area contributed by atoms with E-state index in [0.29, 0.717) is 111 Å². The molecule has 0 aromatic carbocycles. The minimum absolute atomic E-state index is 0.0242. The van der Waals surface area contributed by atoms with Crippen molar-refractivity contribution in [3.8, 4) is 0 Å². The number of rotatable bonds is 27. The molecule has 0 bridgehead atoms. The van der Waals surface area contributed by atoms with Gasteiger partial charge in [0.1, 0.15) is 6.61 Å². The molecule has 0 aliphatic carbocycles. The summed E-state index contributed by atoms with van der Waals surface area (Å²) < 4.78 is 47.7. The summed E-state index contributed by atoms with van der Waals surface area (Å²) in [5, 5.41) is 8.54. The zero-order valence-electron chi connectivity index (χ0n) is 20.8. The molecule has 0 heterocycles. The van der Waals surface area contributed by atoms with Gasteiger partial charge in [0.2, 0.25) is 0 Å². The average molecular weight is 497 g/mol. The Morgan fingerprint density at radius 2 is 0.794 bits per heavy atom. The van der Waals surface area contributed by atoms with Crippen LogP contribution in [0.2, 0.25) is 0 Å². The summed E-state index contributed by atoms with van der Waals surface area (Å²) in [6.45, 7) is 11.2. The molecule has 0 amide bonds. The summed E-state index contributed by atoms with van der Waals surface area (Å²) in [4.78, 5) is 11.4. The van der Waals surface area contributed by atoms with Gasteiger partial charge in [-0.15, -0.1) is 0 Å². The molecule has 11 heteroatoms. The first-order valence-electron chi connectivity index (χ1n) is 11.7. The van der Waals surface area contributed by atoms with Crippen molar-refractivity contribution >= 4 is 5.97 Å². The third kappa shape index (κ3) is 25.5. The minimum atomic E-state index is -0.322. The summed E-state index contributed by atoms with van der Waals surface area (Å²) in [5.74, 6) is -0.322. The Morgan fingerprint density at radius 3 is 1.06 bits per heavy atom. The van der Waals surface area contributed by atoms with Crippen LogP contribution in [0.4, 0.5) is 0 Å². The van der Waals surface area contributed by atoms with Crippen LogP contribution in [0.15, 0.2) is 11.6 Å². The van der Waals surface area contributed by atoms with Crippen molar-refractivity contribution in [2.75, 3.05) is 119 Å². The van der Waals surface area contributed by atoms with E-state index in [1.807, 2.05) is 0 Å². The Labute approximate surface area is 203 Å². The van der Waals surface area contributed by atoms with Crippen molar-refractivity contribution in [3.63, 3.8) is 0 Å². The number of hydrogen-bond acceptors (Lipinski definition) is 11. The molecule has 0 atom stereocenters. The molecular formula is C23H44O11. The van der Waals surface area contributed by atoms with Crippen molar-refractivity contribution in [1.82, 2.24) is 0 Å². The number of carbonyl (C=O) groups excluding carboxylic acids is 1. The number of hydrogen-bond donors (Lipinski definition) is 1. The Bertz CT molecular complexity index is 460. The number of aliphatic hydroxyl groups is 1. The Morgan fingerprint density at radius 1 is 0.529 bits per heavy atom. The molecule has 0 fully saturated rings. The molecule has 0 aliphatic heterocycles. The van der Waals surface area contributed by atoms with Crippen LogP contribution < -0.4 is 0 Å². The highest BCUT2D eigenvalue weighted by Crippen LogP contribution is 1.95. The molecule has 11 nitrogen and oxygen atoms in total. The maximum Gasteiger partial charge on any atom is 0.333 e. The van der Waals surface area contributed by atoms with Crippen molar-refractivity contribution in [2.45, 2.75) is 13.8 Å². The molecule has 0 spiro atoms. The van der Waals surface area contributed by atoms with E-state index in [1.54, 1.807) is 19.9 Å². The summed E-state index contributed by atoms with van der Waals surface area (Å²) in [6, 6.07) is 0. The highest BCUT2D eigenvalue weighted by Gasteiger charge is 2.03. The Balaban J connectivity index is 3.08. The number of carbonyl (C=O) groups is 1. The summed E-state index contributed by atoms with van der Waals surface area (Å²) in [6.07, 6.45) is 1.71. The van der Waals surface area contributed by atoms with Gasteiger partial charge in [-0.1, -0.05) is 6.08 Å². The van der Waals surface area contributed by atoms with Crippen LogP contribution in [0.3, 0.4) is 0 Å². The molecular weight excluding hydrogens is 452 g/mol. The van der Waals surface area contributed by atoms with Gasteiger partial charge in [-0.05, 0) is 13.8 Å². The monoisotopic (exact) mass is 496 g/mol. The number of esters is 1. The second kappa shape index (κ2) is 28.1. The Hall–Kier alpha value is -1.15.